The van der Waals surface area contributed by atoms with Gasteiger partial charge in [0.1, 0.15) is 0 Å². The average molecular weight is 598 g/mol. The molecule has 1 heterocycles. The number of nitrogens with zero attached hydrogens (tertiary/aromatic N) is 1. The second-order valence-corrected chi connectivity index (χ2v) is 9.78. The zero-order valence-corrected chi connectivity index (χ0v) is 22.1. The maximum atomic E-state index is 13.3. The van der Waals surface area contributed by atoms with Gasteiger partial charge in [-0.2, -0.15) is 13.2 Å². The van der Waals surface area contributed by atoms with Crippen LogP contribution in [0.25, 0.3) is 0 Å². The Morgan fingerprint density at radius 3 is 2.07 bits per heavy atom. The van der Waals surface area contributed by atoms with Gasteiger partial charge in [-0.1, -0.05) is 65.7 Å². The Morgan fingerprint density at radius 2 is 1.41 bits per heavy atom. The highest BCUT2D eigenvalue weighted by molar-refractivity contribution is 6.40. The number of halogens is 5. The van der Waals surface area contributed by atoms with E-state index in [1.165, 1.54) is 36.4 Å². The number of ketones is 1. The van der Waals surface area contributed by atoms with Gasteiger partial charge in [-0.25, -0.2) is 9.69 Å². The van der Waals surface area contributed by atoms with E-state index in [1.807, 2.05) is 0 Å². The molecule has 1 atom stereocenters. The van der Waals surface area contributed by atoms with E-state index in [0.717, 1.165) is 18.2 Å². The van der Waals surface area contributed by atoms with E-state index in [2.05, 4.69) is 0 Å². The van der Waals surface area contributed by atoms with Crippen LogP contribution in [0.5, 0.6) is 0 Å². The van der Waals surface area contributed by atoms with Gasteiger partial charge in [0.15, 0.2) is 6.10 Å². The van der Waals surface area contributed by atoms with Gasteiger partial charge in [0.05, 0.1) is 33.0 Å². The molecule has 0 fully saturated rings. The molecule has 4 aromatic rings. The van der Waals surface area contributed by atoms with Crippen molar-refractivity contribution < 1.29 is 37.1 Å². The van der Waals surface area contributed by atoms with E-state index in [0.29, 0.717) is 21.6 Å². The molecule has 4 aromatic carbocycles. The van der Waals surface area contributed by atoms with E-state index in [4.69, 9.17) is 27.9 Å². The number of anilines is 1. The maximum absolute atomic E-state index is 13.3. The van der Waals surface area contributed by atoms with Gasteiger partial charge in [-0.15, -0.1) is 0 Å². The lowest BCUT2D eigenvalue weighted by Crippen LogP contribution is -2.30. The minimum Gasteiger partial charge on any atom is -0.445 e. The van der Waals surface area contributed by atoms with Crippen molar-refractivity contribution in [2.24, 2.45) is 0 Å². The van der Waals surface area contributed by atoms with Crippen LogP contribution in [0.2, 0.25) is 10.0 Å². The summed E-state index contributed by atoms with van der Waals surface area (Å²) in [6, 6.07) is 20.0. The molecule has 6 nitrogen and oxygen atoms in total. The summed E-state index contributed by atoms with van der Waals surface area (Å²) in [6.07, 6.45) is -6.11. The molecule has 0 spiro atoms. The number of amides is 2. The number of ether oxygens (including phenoxy) is 1. The molecule has 1 aliphatic rings. The van der Waals surface area contributed by atoms with Gasteiger partial charge < -0.3 is 4.74 Å². The summed E-state index contributed by atoms with van der Waals surface area (Å²) in [5.41, 5.74) is -1.48. The number of carbonyl (C=O) groups is 4. The summed E-state index contributed by atoms with van der Waals surface area (Å²) >= 11 is 12.0. The summed E-state index contributed by atoms with van der Waals surface area (Å²) in [7, 11) is 0. The van der Waals surface area contributed by atoms with Gasteiger partial charge in [-0.3, -0.25) is 14.4 Å². The molecule has 0 aromatic heterocycles. The predicted octanol–water partition coefficient (Wildman–Crippen LogP) is 7.59. The number of carbonyl (C=O) groups excluding carboxylic acids is 4. The number of benzene rings is 4. The summed E-state index contributed by atoms with van der Waals surface area (Å²) in [5, 5.41) is 0.149. The molecule has 0 aliphatic carbocycles. The fourth-order valence-electron chi connectivity index (χ4n) is 4.29. The molecule has 11 heteroatoms. The highest BCUT2D eigenvalue weighted by Crippen LogP contribution is 2.39. The third-order valence-electron chi connectivity index (χ3n) is 6.33. The number of esters is 1. The average Bonchev–Trinajstić information content (AvgIpc) is 3.20. The van der Waals surface area contributed by atoms with Crippen LogP contribution in [-0.4, -0.2) is 23.6 Å². The summed E-state index contributed by atoms with van der Waals surface area (Å²) < 4.78 is 45.4. The molecule has 1 aliphatic heterocycles. The lowest BCUT2D eigenvalue weighted by molar-refractivity contribution is -0.137. The van der Waals surface area contributed by atoms with E-state index in [9.17, 15) is 32.3 Å². The molecule has 0 radical (unpaired) electrons. The Balaban J connectivity index is 1.46. The monoisotopic (exact) mass is 597 g/mol. The van der Waals surface area contributed by atoms with E-state index >= 15 is 0 Å². The maximum Gasteiger partial charge on any atom is 0.416 e. The SMILES string of the molecule is O=C(O[C@@H](C(=O)c1ccccc1)c1ccc(Cl)cc1)c1ccc2c(c1)C(=O)N(c1cc(C(F)(F)F)ccc1Cl)C2=O. The van der Waals surface area contributed by atoms with Crippen molar-refractivity contribution in [3.05, 3.63) is 134 Å². The van der Waals surface area contributed by atoms with Crippen LogP contribution in [0, 0.1) is 0 Å². The molecular weight excluding hydrogens is 582 g/mol. The second-order valence-electron chi connectivity index (χ2n) is 8.94. The molecule has 2 amide bonds. The number of alkyl halides is 3. The van der Waals surface area contributed by atoms with Gasteiger partial charge in [0.25, 0.3) is 11.8 Å². The highest BCUT2D eigenvalue weighted by atomic mass is 35.5. The second kappa shape index (κ2) is 10.8. The van der Waals surface area contributed by atoms with Crippen molar-refractivity contribution in [2.45, 2.75) is 12.3 Å². The predicted molar refractivity (Wildman–Crippen MR) is 144 cm³/mol. The minimum absolute atomic E-state index is 0.144. The van der Waals surface area contributed by atoms with Gasteiger partial charge in [-0.05, 0) is 48.5 Å². The highest BCUT2D eigenvalue weighted by Gasteiger charge is 2.40. The van der Waals surface area contributed by atoms with Crippen LogP contribution in [-0.2, 0) is 10.9 Å². The van der Waals surface area contributed by atoms with Gasteiger partial charge in [0.2, 0.25) is 5.78 Å². The van der Waals surface area contributed by atoms with Crippen LogP contribution >= 0.6 is 23.2 Å². The number of Topliss-reactive ketones (excluding diaryl/α,β-unsaturated/α-hetero) is 1. The van der Waals surface area contributed by atoms with E-state index in [-0.39, 0.29) is 27.3 Å². The Kier molecular flexibility index (Phi) is 7.42. The van der Waals surface area contributed by atoms with Crippen molar-refractivity contribution in [3.8, 4) is 0 Å². The molecule has 0 N–H and O–H groups in total. The smallest absolute Gasteiger partial charge is 0.416 e. The molecule has 0 saturated heterocycles. The molecule has 5 rings (SSSR count). The van der Waals surface area contributed by atoms with Crippen LogP contribution in [0.15, 0.2) is 91.0 Å². The Morgan fingerprint density at radius 1 is 0.756 bits per heavy atom. The molecule has 41 heavy (non-hydrogen) atoms. The topological polar surface area (TPSA) is 80.8 Å². The zero-order valence-electron chi connectivity index (χ0n) is 20.6. The molecule has 0 saturated carbocycles. The number of imide groups is 1. The summed E-state index contributed by atoms with van der Waals surface area (Å²) in [6.45, 7) is 0. The first-order chi connectivity index (χ1) is 19.5. The number of hydrogen-bond donors (Lipinski definition) is 0. The van der Waals surface area contributed by atoms with Crippen LogP contribution < -0.4 is 4.90 Å². The minimum atomic E-state index is -4.74. The van der Waals surface area contributed by atoms with Crippen molar-refractivity contribution in [1.29, 1.82) is 0 Å². The van der Waals surface area contributed by atoms with Crippen molar-refractivity contribution >= 4 is 52.5 Å². The fourth-order valence-corrected chi connectivity index (χ4v) is 4.61. The molecule has 0 unspecified atom stereocenters. The summed E-state index contributed by atoms with van der Waals surface area (Å²) in [4.78, 5) is 53.3. The van der Waals surface area contributed by atoms with Crippen molar-refractivity contribution in [2.75, 3.05) is 4.90 Å². The van der Waals surface area contributed by atoms with Crippen LogP contribution in [0.4, 0.5) is 18.9 Å². The molecular formula is C30H16Cl2F3NO5. The first-order valence-electron chi connectivity index (χ1n) is 11.9. The standard InChI is InChI=1S/C30H16Cl2F3NO5/c31-20-10-6-17(7-11-20)26(25(37)16-4-2-1-3-5-16)41-29(40)18-8-12-21-22(14-18)28(39)36(27(21)38)24-15-19(30(33,34)35)9-13-23(24)32/h1-15,26H/t26-/m1/s1. The molecule has 206 valence electrons. The zero-order chi connectivity index (χ0) is 29.5. The summed E-state index contributed by atoms with van der Waals surface area (Å²) in [5.74, 6) is -3.38. The molecule has 0 bridgehead atoms. The largest absolute Gasteiger partial charge is 0.445 e. The number of fused-ring (bicyclic) bond motifs is 1. The Hall–Kier alpha value is -4.47. The van der Waals surface area contributed by atoms with Crippen LogP contribution in [0.3, 0.4) is 0 Å². The first kappa shape index (κ1) is 28.1. The van der Waals surface area contributed by atoms with Gasteiger partial charge in [0, 0.05) is 16.1 Å². The Bertz CT molecular complexity index is 1710. The van der Waals surface area contributed by atoms with E-state index in [1.54, 1.807) is 30.3 Å². The third kappa shape index (κ3) is 5.46. The third-order valence-corrected chi connectivity index (χ3v) is 6.90. The fraction of sp³-hybridized carbons (Fsp3) is 0.0667. The quantitative estimate of drug-likeness (QED) is 0.130. The Labute approximate surface area is 240 Å². The first-order valence-corrected chi connectivity index (χ1v) is 12.7. The lowest BCUT2D eigenvalue weighted by Gasteiger charge is -2.18. The van der Waals surface area contributed by atoms with Crippen LogP contribution in [0.1, 0.15) is 58.7 Å². The van der Waals surface area contributed by atoms with Gasteiger partial charge >= 0.3 is 12.1 Å². The van der Waals surface area contributed by atoms with Crippen molar-refractivity contribution in [1.82, 2.24) is 0 Å². The van der Waals surface area contributed by atoms with Crippen molar-refractivity contribution in [3.63, 3.8) is 0 Å². The lowest BCUT2D eigenvalue weighted by atomic mass is 9.99. The van der Waals surface area contributed by atoms with E-state index < -0.39 is 47.1 Å². The number of hydrogen-bond acceptors (Lipinski definition) is 5. The normalized spacial score (nSPS) is 13.6. The number of rotatable bonds is 6.